The molecule has 1 aromatic rings. The highest BCUT2D eigenvalue weighted by atomic mass is 35.5. The van der Waals surface area contributed by atoms with Crippen molar-refractivity contribution in [3.05, 3.63) is 29.0 Å². The maximum absolute atomic E-state index is 13.3. The summed E-state index contributed by atoms with van der Waals surface area (Å²) in [5.41, 5.74) is 2.60. The standard InChI is InChI=1S/C10H14ClFN4/c1-2-5-14-10(16-13)15-9-6-7(11)3-4-8(9)12/h3-4,6H,2,5,13H2,1H3,(H2,14,15,16). The number of nitrogens with two attached hydrogens (primary N) is 1. The smallest absolute Gasteiger partial charge is 0.210 e. The van der Waals surface area contributed by atoms with Gasteiger partial charge in [0.25, 0.3) is 0 Å². The van der Waals surface area contributed by atoms with Crippen LogP contribution in [-0.2, 0) is 0 Å². The summed E-state index contributed by atoms with van der Waals surface area (Å²) in [6.07, 6.45) is 0.880. The lowest BCUT2D eigenvalue weighted by Gasteiger charge is -2.10. The molecule has 0 heterocycles. The Labute approximate surface area is 98.7 Å². The van der Waals surface area contributed by atoms with E-state index in [1.54, 1.807) is 0 Å². The summed E-state index contributed by atoms with van der Waals surface area (Å²) in [5, 5.41) is 3.17. The molecule has 88 valence electrons. The van der Waals surface area contributed by atoms with Gasteiger partial charge in [-0.05, 0) is 24.6 Å². The minimum atomic E-state index is -0.413. The third kappa shape index (κ3) is 3.67. The van der Waals surface area contributed by atoms with Crippen LogP contribution < -0.4 is 16.6 Å². The van der Waals surface area contributed by atoms with E-state index in [0.29, 0.717) is 17.5 Å². The first-order valence-electron chi connectivity index (χ1n) is 4.90. The van der Waals surface area contributed by atoms with Gasteiger partial charge in [-0.15, -0.1) is 0 Å². The number of aliphatic imine (C=N–C) groups is 1. The third-order valence-corrected chi connectivity index (χ3v) is 2.05. The number of hydrogen-bond acceptors (Lipinski definition) is 2. The lowest BCUT2D eigenvalue weighted by atomic mass is 10.3. The van der Waals surface area contributed by atoms with Crippen LogP contribution in [0, 0.1) is 5.82 Å². The first-order valence-corrected chi connectivity index (χ1v) is 5.28. The van der Waals surface area contributed by atoms with Gasteiger partial charge in [-0.2, -0.15) is 0 Å². The molecule has 0 amide bonds. The molecule has 0 aromatic heterocycles. The monoisotopic (exact) mass is 244 g/mol. The quantitative estimate of drug-likeness (QED) is 0.330. The van der Waals surface area contributed by atoms with Crippen LogP contribution in [0.15, 0.2) is 23.2 Å². The van der Waals surface area contributed by atoms with E-state index in [9.17, 15) is 4.39 Å². The van der Waals surface area contributed by atoms with Crippen molar-refractivity contribution < 1.29 is 4.39 Å². The Kier molecular flexibility index (Phi) is 5.01. The summed E-state index contributed by atoms with van der Waals surface area (Å²) >= 11 is 5.75. The van der Waals surface area contributed by atoms with E-state index in [-0.39, 0.29) is 5.69 Å². The van der Waals surface area contributed by atoms with E-state index in [0.717, 1.165) is 6.42 Å². The summed E-state index contributed by atoms with van der Waals surface area (Å²) in [5.74, 6) is 5.15. The number of nitrogens with one attached hydrogen (secondary N) is 2. The van der Waals surface area contributed by atoms with E-state index < -0.39 is 5.82 Å². The number of hydrogen-bond donors (Lipinski definition) is 3. The summed E-state index contributed by atoms with van der Waals surface area (Å²) in [7, 11) is 0. The molecule has 4 nitrogen and oxygen atoms in total. The lowest BCUT2D eigenvalue weighted by Crippen LogP contribution is -2.36. The van der Waals surface area contributed by atoms with Crippen molar-refractivity contribution in [2.75, 3.05) is 11.9 Å². The van der Waals surface area contributed by atoms with Gasteiger partial charge in [-0.25, -0.2) is 10.2 Å². The Morgan fingerprint density at radius 2 is 2.31 bits per heavy atom. The number of guanidine groups is 1. The molecule has 6 heteroatoms. The van der Waals surface area contributed by atoms with Gasteiger partial charge in [0.2, 0.25) is 5.96 Å². The third-order valence-electron chi connectivity index (χ3n) is 1.81. The van der Waals surface area contributed by atoms with Gasteiger partial charge in [0.05, 0.1) is 5.69 Å². The van der Waals surface area contributed by atoms with Crippen molar-refractivity contribution in [2.24, 2.45) is 10.8 Å². The van der Waals surface area contributed by atoms with Crippen molar-refractivity contribution in [1.82, 2.24) is 5.43 Å². The van der Waals surface area contributed by atoms with E-state index in [1.165, 1.54) is 18.2 Å². The molecular weight excluding hydrogens is 231 g/mol. The second kappa shape index (κ2) is 6.30. The molecule has 0 aliphatic carbocycles. The van der Waals surface area contributed by atoms with Crippen molar-refractivity contribution in [3.8, 4) is 0 Å². The fraction of sp³-hybridized carbons (Fsp3) is 0.300. The first kappa shape index (κ1) is 12.7. The summed E-state index contributed by atoms with van der Waals surface area (Å²) in [4.78, 5) is 4.09. The van der Waals surface area contributed by atoms with Gasteiger partial charge < -0.3 is 5.32 Å². The number of benzene rings is 1. The molecule has 0 radical (unpaired) electrons. The fourth-order valence-corrected chi connectivity index (χ4v) is 1.24. The maximum Gasteiger partial charge on any atom is 0.210 e. The van der Waals surface area contributed by atoms with Crippen LogP contribution in [0.4, 0.5) is 10.1 Å². The lowest BCUT2D eigenvalue weighted by molar-refractivity contribution is 0.632. The largest absolute Gasteiger partial charge is 0.323 e. The molecule has 0 unspecified atom stereocenters. The molecule has 1 aromatic carbocycles. The van der Waals surface area contributed by atoms with E-state index in [2.05, 4.69) is 15.7 Å². The Morgan fingerprint density at radius 3 is 2.94 bits per heavy atom. The molecule has 0 fully saturated rings. The molecule has 16 heavy (non-hydrogen) atoms. The number of nitrogens with zero attached hydrogens (tertiary/aromatic N) is 1. The van der Waals surface area contributed by atoms with Crippen LogP contribution in [0.2, 0.25) is 5.02 Å². The Hall–Kier alpha value is -1.33. The molecule has 1 rings (SSSR count). The van der Waals surface area contributed by atoms with Crippen molar-refractivity contribution >= 4 is 23.2 Å². The van der Waals surface area contributed by atoms with Crippen LogP contribution in [0.25, 0.3) is 0 Å². The van der Waals surface area contributed by atoms with Gasteiger partial charge in [0.15, 0.2) is 0 Å². The molecular formula is C10H14ClFN4. The number of anilines is 1. The van der Waals surface area contributed by atoms with Gasteiger partial charge >= 0.3 is 0 Å². The average molecular weight is 245 g/mol. The Bertz CT molecular complexity index is 381. The highest BCUT2D eigenvalue weighted by molar-refractivity contribution is 6.30. The molecule has 4 N–H and O–H groups in total. The molecule has 0 bridgehead atoms. The highest BCUT2D eigenvalue weighted by Gasteiger charge is 2.04. The SMILES string of the molecule is CCCN=C(NN)Nc1cc(Cl)ccc1F. The summed E-state index contributed by atoms with van der Waals surface area (Å²) in [6, 6.07) is 4.22. The topological polar surface area (TPSA) is 62.4 Å². The van der Waals surface area contributed by atoms with Gasteiger partial charge in [0, 0.05) is 11.6 Å². The van der Waals surface area contributed by atoms with Crippen LogP contribution >= 0.6 is 11.6 Å². The van der Waals surface area contributed by atoms with Crippen molar-refractivity contribution in [1.29, 1.82) is 0 Å². The molecule has 0 saturated carbocycles. The zero-order valence-electron chi connectivity index (χ0n) is 8.93. The maximum atomic E-state index is 13.3. The minimum Gasteiger partial charge on any atom is -0.323 e. The number of halogens is 2. The van der Waals surface area contributed by atoms with Gasteiger partial charge in [0.1, 0.15) is 5.82 Å². The van der Waals surface area contributed by atoms with Crippen LogP contribution in [0.5, 0.6) is 0 Å². The molecule has 0 aliphatic rings. The zero-order valence-corrected chi connectivity index (χ0v) is 9.68. The minimum absolute atomic E-state index is 0.236. The second-order valence-corrected chi connectivity index (χ2v) is 3.56. The summed E-state index contributed by atoms with van der Waals surface area (Å²) < 4.78 is 13.3. The normalized spacial score (nSPS) is 11.4. The average Bonchev–Trinajstić information content (AvgIpc) is 2.28. The highest BCUT2D eigenvalue weighted by Crippen LogP contribution is 2.19. The van der Waals surface area contributed by atoms with Crippen LogP contribution in [0.1, 0.15) is 13.3 Å². The number of hydrazine groups is 1. The van der Waals surface area contributed by atoms with E-state index in [1.807, 2.05) is 6.92 Å². The van der Waals surface area contributed by atoms with Crippen molar-refractivity contribution in [3.63, 3.8) is 0 Å². The first-order chi connectivity index (χ1) is 7.67. The molecule has 0 saturated heterocycles. The van der Waals surface area contributed by atoms with Gasteiger partial charge in [-0.3, -0.25) is 10.4 Å². The second-order valence-electron chi connectivity index (χ2n) is 3.12. The summed E-state index contributed by atoms with van der Waals surface area (Å²) in [6.45, 7) is 2.59. The fourth-order valence-electron chi connectivity index (χ4n) is 1.07. The van der Waals surface area contributed by atoms with Gasteiger partial charge in [-0.1, -0.05) is 18.5 Å². The molecule has 0 aliphatic heterocycles. The number of rotatable bonds is 3. The van der Waals surface area contributed by atoms with E-state index in [4.69, 9.17) is 17.4 Å². The predicted octanol–water partition coefficient (Wildman–Crippen LogP) is 2.12. The van der Waals surface area contributed by atoms with E-state index >= 15 is 0 Å². The Balaban J connectivity index is 2.81. The van der Waals surface area contributed by atoms with Crippen LogP contribution in [-0.4, -0.2) is 12.5 Å². The van der Waals surface area contributed by atoms with Crippen LogP contribution in [0.3, 0.4) is 0 Å². The van der Waals surface area contributed by atoms with Crippen molar-refractivity contribution in [2.45, 2.75) is 13.3 Å². The zero-order chi connectivity index (χ0) is 12.0. The predicted molar refractivity (Wildman–Crippen MR) is 64.9 cm³/mol. The Morgan fingerprint density at radius 1 is 1.56 bits per heavy atom. The molecule has 0 spiro atoms. The molecule has 0 atom stereocenters.